The van der Waals surface area contributed by atoms with Crippen LogP contribution < -0.4 is 5.32 Å². The molecular formula is C21H13Cl2NO2. The molecule has 0 aliphatic heterocycles. The van der Waals surface area contributed by atoms with Crippen LogP contribution in [0.3, 0.4) is 0 Å². The summed E-state index contributed by atoms with van der Waals surface area (Å²) in [4.78, 5) is 12.6. The molecule has 0 atom stereocenters. The Morgan fingerprint density at radius 2 is 1.69 bits per heavy atom. The van der Waals surface area contributed by atoms with Crippen molar-refractivity contribution in [2.75, 3.05) is 5.32 Å². The number of anilines is 1. The van der Waals surface area contributed by atoms with Gasteiger partial charge in [-0.05, 0) is 41.8 Å². The maximum absolute atomic E-state index is 12.6. The summed E-state index contributed by atoms with van der Waals surface area (Å²) in [6.45, 7) is 0. The minimum absolute atomic E-state index is 0.207. The lowest BCUT2D eigenvalue weighted by Gasteiger charge is -2.07. The fourth-order valence-electron chi connectivity index (χ4n) is 2.81. The monoisotopic (exact) mass is 381 g/mol. The first-order chi connectivity index (χ1) is 12.6. The van der Waals surface area contributed by atoms with Gasteiger partial charge in [0.1, 0.15) is 5.76 Å². The SMILES string of the molecule is O=C(Nc1cccc2ccccc12)c1ccc(-c2ccc(Cl)cc2Cl)o1. The normalized spacial score (nSPS) is 10.8. The molecule has 1 heterocycles. The summed E-state index contributed by atoms with van der Waals surface area (Å²) in [5.41, 5.74) is 1.41. The largest absolute Gasteiger partial charge is 0.451 e. The smallest absolute Gasteiger partial charge is 0.291 e. The third-order valence-corrected chi connectivity index (χ3v) is 4.61. The predicted octanol–water partition coefficient (Wildman–Crippen LogP) is 6.66. The van der Waals surface area contributed by atoms with E-state index in [0.29, 0.717) is 21.4 Å². The molecule has 1 N–H and O–H groups in total. The van der Waals surface area contributed by atoms with E-state index in [1.807, 2.05) is 42.5 Å². The molecule has 3 aromatic carbocycles. The number of benzene rings is 3. The number of fused-ring (bicyclic) bond motifs is 1. The highest BCUT2D eigenvalue weighted by atomic mass is 35.5. The maximum Gasteiger partial charge on any atom is 0.291 e. The second-order valence-corrected chi connectivity index (χ2v) is 6.61. The van der Waals surface area contributed by atoms with Crippen molar-refractivity contribution >= 4 is 45.6 Å². The lowest BCUT2D eigenvalue weighted by Crippen LogP contribution is -2.11. The number of hydrogen-bond acceptors (Lipinski definition) is 2. The predicted molar refractivity (Wildman–Crippen MR) is 106 cm³/mol. The lowest BCUT2D eigenvalue weighted by molar-refractivity contribution is 0.0997. The summed E-state index contributed by atoms with van der Waals surface area (Å²) >= 11 is 12.1. The summed E-state index contributed by atoms with van der Waals surface area (Å²) in [6.07, 6.45) is 0. The van der Waals surface area contributed by atoms with E-state index < -0.39 is 0 Å². The molecule has 128 valence electrons. The van der Waals surface area contributed by atoms with Gasteiger partial charge in [0.15, 0.2) is 5.76 Å². The molecule has 0 aliphatic rings. The van der Waals surface area contributed by atoms with Crippen molar-refractivity contribution in [3.8, 4) is 11.3 Å². The van der Waals surface area contributed by atoms with E-state index in [0.717, 1.165) is 16.5 Å². The van der Waals surface area contributed by atoms with Crippen molar-refractivity contribution in [2.45, 2.75) is 0 Å². The summed E-state index contributed by atoms with van der Waals surface area (Å²) in [7, 11) is 0. The van der Waals surface area contributed by atoms with Crippen LogP contribution >= 0.6 is 23.2 Å². The topological polar surface area (TPSA) is 42.2 Å². The van der Waals surface area contributed by atoms with Crippen LogP contribution in [0.15, 0.2) is 77.2 Å². The molecule has 0 radical (unpaired) electrons. The zero-order valence-corrected chi connectivity index (χ0v) is 15.0. The summed E-state index contributed by atoms with van der Waals surface area (Å²) < 4.78 is 5.70. The number of amides is 1. The van der Waals surface area contributed by atoms with Crippen molar-refractivity contribution < 1.29 is 9.21 Å². The van der Waals surface area contributed by atoms with Crippen molar-refractivity contribution in [1.29, 1.82) is 0 Å². The van der Waals surface area contributed by atoms with Crippen molar-refractivity contribution in [3.05, 3.63) is 88.6 Å². The van der Waals surface area contributed by atoms with Gasteiger partial charge < -0.3 is 9.73 Å². The number of carbonyl (C=O) groups is 1. The molecule has 0 unspecified atom stereocenters. The van der Waals surface area contributed by atoms with Crippen molar-refractivity contribution in [2.24, 2.45) is 0 Å². The fourth-order valence-corrected chi connectivity index (χ4v) is 3.31. The molecule has 26 heavy (non-hydrogen) atoms. The number of halogens is 2. The quantitative estimate of drug-likeness (QED) is 0.431. The molecule has 1 aromatic heterocycles. The first kappa shape index (κ1) is 16.7. The summed E-state index contributed by atoms with van der Waals surface area (Å²) in [6, 6.07) is 22.1. The maximum atomic E-state index is 12.6. The number of nitrogens with one attached hydrogen (secondary N) is 1. The molecule has 0 saturated carbocycles. The van der Waals surface area contributed by atoms with Gasteiger partial charge in [-0.25, -0.2) is 0 Å². The molecule has 1 amide bonds. The van der Waals surface area contributed by atoms with Gasteiger partial charge in [-0.3, -0.25) is 4.79 Å². The van der Waals surface area contributed by atoms with Crippen LogP contribution in [-0.4, -0.2) is 5.91 Å². The summed E-state index contributed by atoms with van der Waals surface area (Å²) in [5, 5.41) is 5.93. The Kier molecular flexibility index (Phi) is 4.41. The highest BCUT2D eigenvalue weighted by molar-refractivity contribution is 6.36. The lowest BCUT2D eigenvalue weighted by atomic mass is 10.1. The van der Waals surface area contributed by atoms with Gasteiger partial charge in [-0.15, -0.1) is 0 Å². The van der Waals surface area contributed by atoms with E-state index in [2.05, 4.69) is 5.32 Å². The number of furan rings is 1. The second kappa shape index (κ2) is 6.87. The molecule has 0 saturated heterocycles. The first-order valence-electron chi connectivity index (χ1n) is 7.96. The van der Waals surface area contributed by atoms with Crippen LogP contribution in [-0.2, 0) is 0 Å². The number of hydrogen-bond donors (Lipinski definition) is 1. The molecule has 0 aliphatic carbocycles. The van der Waals surface area contributed by atoms with Crippen molar-refractivity contribution in [3.63, 3.8) is 0 Å². The van der Waals surface area contributed by atoms with E-state index in [4.69, 9.17) is 27.6 Å². The van der Waals surface area contributed by atoms with E-state index in [1.54, 1.807) is 30.3 Å². The zero-order valence-electron chi connectivity index (χ0n) is 13.5. The van der Waals surface area contributed by atoms with E-state index >= 15 is 0 Å². The van der Waals surface area contributed by atoms with E-state index in [1.165, 1.54) is 0 Å². The van der Waals surface area contributed by atoms with Crippen LogP contribution in [0.2, 0.25) is 10.0 Å². The highest BCUT2D eigenvalue weighted by Gasteiger charge is 2.15. The average molecular weight is 382 g/mol. The fraction of sp³-hybridized carbons (Fsp3) is 0. The van der Waals surface area contributed by atoms with Gasteiger partial charge >= 0.3 is 0 Å². The van der Waals surface area contributed by atoms with Gasteiger partial charge in [0.05, 0.1) is 5.02 Å². The Labute approximate surface area is 160 Å². The Morgan fingerprint density at radius 1 is 0.885 bits per heavy atom. The first-order valence-corrected chi connectivity index (χ1v) is 8.72. The Morgan fingerprint density at radius 3 is 2.54 bits per heavy atom. The third kappa shape index (κ3) is 3.19. The molecular weight excluding hydrogens is 369 g/mol. The minimum Gasteiger partial charge on any atom is -0.451 e. The minimum atomic E-state index is -0.322. The molecule has 0 fully saturated rings. The standard InChI is InChI=1S/C21H13Cl2NO2/c22-14-8-9-16(17(23)12-14)19-10-11-20(26-19)21(25)24-18-7-3-5-13-4-1-2-6-15(13)18/h1-12H,(H,24,25). The van der Waals surface area contributed by atoms with E-state index in [9.17, 15) is 4.79 Å². The number of carbonyl (C=O) groups excluding carboxylic acids is 1. The second-order valence-electron chi connectivity index (χ2n) is 5.77. The van der Waals surface area contributed by atoms with Gasteiger partial charge in [-0.2, -0.15) is 0 Å². The number of rotatable bonds is 3. The van der Waals surface area contributed by atoms with Crippen molar-refractivity contribution in [1.82, 2.24) is 0 Å². The molecule has 5 heteroatoms. The molecule has 4 rings (SSSR count). The van der Waals surface area contributed by atoms with E-state index in [-0.39, 0.29) is 11.7 Å². The van der Waals surface area contributed by atoms with Gasteiger partial charge in [0.2, 0.25) is 0 Å². The molecule has 0 spiro atoms. The van der Waals surface area contributed by atoms with Gasteiger partial charge in [0, 0.05) is 21.7 Å². The van der Waals surface area contributed by atoms with Crippen LogP contribution in [0.4, 0.5) is 5.69 Å². The Hall–Kier alpha value is -2.75. The van der Waals surface area contributed by atoms with Gasteiger partial charge in [-0.1, -0.05) is 59.6 Å². The Bertz CT molecular complexity index is 1110. The molecule has 3 nitrogen and oxygen atoms in total. The van der Waals surface area contributed by atoms with Crippen LogP contribution in [0, 0.1) is 0 Å². The highest BCUT2D eigenvalue weighted by Crippen LogP contribution is 2.32. The average Bonchev–Trinajstić information content (AvgIpc) is 3.12. The zero-order chi connectivity index (χ0) is 18.1. The van der Waals surface area contributed by atoms with Crippen LogP contribution in [0.1, 0.15) is 10.6 Å². The van der Waals surface area contributed by atoms with Gasteiger partial charge in [0.25, 0.3) is 5.91 Å². The summed E-state index contributed by atoms with van der Waals surface area (Å²) in [5.74, 6) is 0.395. The van der Waals surface area contributed by atoms with Crippen LogP contribution in [0.25, 0.3) is 22.1 Å². The third-order valence-electron chi connectivity index (χ3n) is 4.06. The van der Waals surface area contributed by atoms with Crippen LogP contribution in [0.5, 0.6) is 0 Å². The Balaban J connectivity index is 1.62. The molecule has 0 bridgehead atoms. The molecule has 4 aromatic rings.